The number of carbonyl (C=O) groups excluding carboxylic acids is 11. The van der Waals surface area contributed by atoms with Crippen LogP contribution in [-0.2, 0) is 65.3 Å². The molecule has 4 N–H and O–H groups in total. The van der Waals surface area contributed by atoms with Gasteiger partial charge in [0.2, 0.25) is 65.0 Å². The lowest BCUT2D eigenvalue weighted by molar-refractivity contribution is -0.158. The number of benzene rings is 1. The van der Waals surface area contributed by atoms with Crippen molar-refractivity contribution in [3.05, 3.63) is 34.3 Å². The van der Waals surface area contributed by atoms with Crippen molar-refractivity contribution < 1.29 is 65.9 Å². The van der Waals surface area contributed by atoms with Crippen molar-refractivity contribution in [2.24, 2.45) is 17.8 Å². The smallest absolute Gasteiger partial charge is 0.351 e. The van der Waals surface area contributed by atoms with E-state index in [4.69, 9.17) is 11.6 Å². The molecule has 4 aliphatic heterocycles. The lowest BCUT2D eigenvalue weighted by atomic mass is 9.84. The molecule has 6 fully saturated rings. The van der Waals surface area contributed by atoms with Gasteiger partial charge in [0.05, 0.1) is 17.1 Å². The molecule has 11 amide bonds. The van der Waals surface area contributed by atoms with E-state index in [0.29, 0.717) is 37.7 Å². The number of halogens is 4. The fraction of sp³-hybridized carbons (Fsp3) is 0.734. The van der Waals surface area contributed by atoms with E-state index in [2.05, 4.69) is 21.3 Å². The third kappa shape index (κ3) is 16.2. The monoisotopic (exact) mass is 1290 g/mol. The molecule has 0 radical (unpaired) electrons. The van der Waals surface area contributed by atoms with Gasteiger partial charge in [-0.05, 0) is 114 Å². The van der Waals surface area contributed by atoms with E-state index in [1.165, 1.54) is 75.5 Å². The SMILES string of the molecule is CC[C@H](C)[C@@H]1NC(=O)[C@H](C)N(C)C(=O)C[C@@H](C)NC(=O)[C@H](C(C)C)N(C)C(=O)C2(CCCC2)NC(=O)[C@@H]2CCCN2C(=O)[C@H](CCc2ccc(C(F)(F)F)c(Cl)c2)NC(=O)[C@H]2CCCN2C(=O)[C@H](CC2CCCCC2)N(C)C(=O)[C@@H]2CCN2C(=O)CN(C)C1=O. The zero-order valence-electron chi connectivity index (χ0n) is 54.1. The van der Waals surface area contributed by atoms with Gasteiger partial charge in [0.25, 0.3) is 0 Å². The second-order valence-electron chi connectivity index (χ2n) is 26.6. The molecule has 90 heavy (non-hydrogen) atoms. The number of nitrogens with one attached hydrogen (secondary N) is 4. The molecule has 26 heteroatoms. The molecule has 2 saturated carbocycles. The predicted octanol–water partition coefficient (Wildman–Crippen LogP) is 4.81. The Hall–Kier alpha value is -6.53. The van der Waals surface area contributed by atoms with Crippen LogP contribution in [0.3, 0.4) is 0 Å². The lowest BCUT2D eigenvalue weighted by Crippen LogP contribution is -2.64. The number of hydrogen-bond acceptors (Lipinski definition) is 11. The van der Waals surface area contributed by atoms with E-state index in [9.17, 15) is 56.3 Å². The highest BCUT2D eigenvalue weighted by atomic mass is 35.5. The van der Waals surface area contributed by atoms with Crippen LogP contribution in [0.2, 0.25) is 5.02 Å². The molecule has 500 valence electrons. The lowest BCUT2D eigenvalue weighted by Gasteiger charge is -2.44. The average molecular weight is 1290 g/mol. The van der Waals surface area contributed by atoms with E-state index < -0.39 is 160 Å². The summed E-state index contributed by atoms with van der Waals surface area (Å²) in [6.07, 6.45) is 2.95. The van der Waals surface area contributed by atoms with Gasteiger partial charge in [-0.15, -0.1) is 0 Å². The van der Waals surface area contributed by atoms with Gasteiger partial charge in [0, 0.05) is 60.3 Å². The van der Waals surface area contributed by atoms with Gasteiger partial charge < -0.3 is 55.6 Å². The van der Waals surface area contributed by atoms with Gasteiger partial charge in [-0.25, -0.2) is 0 Å². The van der Waals surface area contributed by atoms with Gasteiger partial charge in [-0.3, -0.25) is 52.7 Å². The van der Waals surface area contributed by atoms with Crippen LogP contribution in [0.15, 0.2) is 18.2 Å². The molecule has 1 spiro atoms. The molecule has 10 atom stereocenters. The van der Waals surface area contributed by atoms with Crippen LogP contribution in [0.4, 0.5) is 13.2 Å². The van der Waals surface area contributed by atoms with Crippen molar-refractivity contribution in [1.82, 2.24) is 55.6 Å². The normalized spacial score (nSPS) is 29.0. The number of nitrogens with zero attached hydrogens (tertiary/aromatic N) is 7. The summed E-state index contributed by atoms with van der Waals surface area (Å²) in [6.45, 7) is 10.2. The first-order valence-corrected chi connectivity index (χ1v) is 32.8. The Kier molecular flexibility index (Phi) is 23.9. The molecule has 0 aromatic heterocycles. The summed E-state index contributed by atoms with van der Waals surface area (Å²) in [7, 11) is 5.85. The number of aryl methyl sites for hydroxylation is 1. The summed E-state index contributed by atoms with van der Waals surface area (Å²) < 4.78 is 41.5. The third-order valence-corrected chi connectivity index (χ3v) is 20.3. The number of hydrogen-bond donors (Lipinski definition) is 4. The summed E-state index contributed by atoms with van der Waals surface area (Å²) in [5.74, 6) is -7.21. The summed E-state index contributed by atoms with van der Waals surface area (Å²) in [5.41, 5.74) is -2.21. The quantitative estimate of drug-likeness (QED) is 0.275. The molecule has 2 aliphatic carbocycles. The Morgan fingerprint density at radius 3 is 1.83 bits per heavy atom. The molecular weight excluding hydrogens is 1190 g/mol. The summed E-state index contributed by atoms with van der Waals surface area (Å²) in [5, 5.41) is 11.0. The topological polar surface area (TPSA) is 259 Å². The molecule has 4 saturated heterocycles. The molecule has 1 aromatic carbocycles. The van der Waals surface area contributed by atoms with Crippen molar-refractivity contribution in [2.45, 2.75) is 230 Å². The first-order chi connectivity index (χ1) is 42.4. The average Bonchev–Trinajstić information content (AvgIpc) is 1.49. The first-order valence-electron chi connectivity index (χ1n) is 32.4. The molecule has 1 aromatic rings. The van der Waals surface area contributed by atoms with Gasteiger partial charge in [-0.1, -0.05) is 96.7 Å². The van der Waals surface area contributed by atoms with Crippen molar-refractivity contribution >= 4 is 76.6 Å². The number of alkyl halides is 3. The van der Waals surface area contributed by atoms with Crippen molar-refractivity contribution in [2.75, 3.05) is 54.4 Å². The Bertz CT molecular complexity index is 2850. The van der Waals surface area contributed by atoms with Crippen LogP contribution in [0.5, 0.6) is 0 Å². The number of likely N-dealkylation sites (N-methyl/N-ethyl adjacent to an activating group) is 4. The molecule has 0 unspecified atom stereocenters. The minimum absolute atomic E-state index is 0.0487. The molecule has 22 nitrogen and oxygen atoms in total. The zero-order chi connectivity index (χ0) is 66.3. The maximum Gasteiger partial charge on any atom is 0.417 e. The fourth-order valence-electron chi connectivity index (χ4n) is 14.1. The standard InChI is InChI=1S/C64H95ClF3N11O11/c1-11-38(4)52-61(89)73(7)36-51(81)77-32-27-48(77)59(87)75(9)49(35-41-19-13-12-14-20-41)60(88)79-31-17-21-46(79)55(83)70-45(26-24-42-23-25-43(44(65)34-42)64(66,67)68)58(86)78-30-18-22-47(78)56(84)72-63(28-15-16-29-63)62(90)76(10)53(37(2)3)57(85)69-39(5)33-50(80)74(8)40(6)54(82)71-52/h23,25,34,37-41,45-49,52-53H,11-22,24,26-33,35-36H2,1-10H3,(H,69,85)(H,70,83)(H,71,82)(H,72,84)/t38-,39+,40-,45-,46+,47-,48-,49-,52-,53-/m0/s1. The first kappa shape index (κ1) is 70.9. The van der Waals surface area contributed by atoms with E-state index in [1.54, 1.807) is 27.7 Å². The summed E-state index contributed by atoms with van der Waals surface area (Å²) >= 11 is 6.15. The van der Waals surface area contributed by atoms with E-state index in [-0.39, 0.29) is 83.3 Å². The van der Waals surface area contributed by atoms with Gasteiger partial charge in [0.15, 0.2) is 0 Å². The van der Waals surface area contributed by atoms with Gasteiger partial charge in [-0.2, -0.15) is 13.2 Å². The second-order valence-corrected chi connectivity index (χ2v) is 27.0. The maximum absolute atomic E-state index is 15.3. The molecule has 7 rings (SSSR count). The van der Waals surface area contributed by atoms with Crippen molar-refractivity contribution in [3.8, 4) is 0 Å². The minimum atomic E-state index is -4.74. The van der Waals surface area contributed by atoms with E-state index >= 15 is 9.59 Å². The van der Waals surface area contributed by atoms with Crippen LogP contribution in [0.25, 0.3) is 0 Å². The fourth-order valence-corrected chi connectivity index (χ4v) is 14.4. The number of amides is 11. The van der Waals surface area contributed by atoms with E-state index in [1.807, 2.05) is 6.92 Å². The van der Waals surface area contributed by atoms with Crippen LogP contribution in [-0.4, -0.2) is 214 Å². The summed E-state index contributed by atoms with van der Waals surface area (Å²) in [4.78, 5) is 170. The highest BCUT2D eigenvalue weighted by Crippen LogP contribution is 2.37. The molecule has 4 heterocycles. The summed E-state index contributed by atoms with van der Waals surface area (Å²) in [6, 6.07) is -6.55. The predicted molar refractivity (Wildman–Crippen MR) is 328 cm³/mol. The zero-order valence-corrected chi connectivity index (χ0v) is 54.8. The van der Waals surface area contributed by atoms with Crippen molar-refractivity contribution in [3.63, 3.8) is 0 Å². The molecular formula is C64H95ClF3N11O11. The number of rotatable bonds is 8. The maximum atomic E-state index is 15.3. The Labute approximate surface area is 532 Å². The Morgan fingerprint density at radius 1 is 0.633 bits per heavy atom. The molecule has 0 bridgehead atoms. The number of fused-ring (bicyclic) bond motifs is 3. The third-order valence-electron chi connectivity index (χ3n) is 20.0. The highest BCUT2D eigenvalue weighted by molar-refractivity contribution is 6.31. The van der Waals surface area contributed by atoms with Gasteiger partial charge >= 0.3 is 6.18 Å². The second kappa shape index (κ2) is 30.3. The minimum Gasteiger partial charge on any atom is -0.351 e. The Morgan fingerprint density at radius 2 is 1.26 bits per heavy atom. The van der Waals surface area contributed by atoms with Crippen LogP contribution in [0, 0.1) is 17.8 Å². The largest absolute Gasteiger partial charge is 0.417 e. The van der Waals surface area contributed by atoms with E-state index in [0.717, 1.165) is 44.2 Å². The van der Waals surface area contributed by atoms with Crippen LogP contribution >= 0.6 is 11.6 Å². The molecule has 6 aliphatic rings. The van der Waals surface area contributed by atoms with Gasteiger partial charge in [0.1, 0.15) is 53.9 Å². The Balaban J connectivity index is 1.23. The highest BCUT2D eigenvalue weighted by Gasteiger charge is 2.51. The van der Waals surface area contributed by atoms with Crippen molar-refractivity contribution in [1.29, 1.82) is 0 Å². The van der Waals surface area contributed by atoms with Crippen LogP contribution in [0.1, 0.15) is 168 Å². The number of carbonyl (C=O) groups is 11. The van der Waals surface area contributed by atoms with Crippen LogP contribution < -0.4 is 21.3 Å².